The fourth-order valence-electron chi connectivity index (χ4n) is 1.40. The molecular weight excluding hydrogens is 180 g/mol. The predicted octanol–water partition coefficient (Wildman–Crippen LogP) is 3.11. The summed E-state index contributed by atoms with van der Waals surface area (Å²) < 4.78 is 2.08. The Labute approximate surface area is 84.7 Å². The molecule has 0 N–H and O–H groups in total. The highest BCUT2D eigenvalue weighted by atomic mass is 32.2. The van der Waals surface area contributed by atoms with Crippen LogP contribution in [0.3, 0.4) is 0 Å². The van der Waals surface area contributed by atoms with Gasteiger partial charge in [-0.05, 0) is 25.7 Å². The zero-order chi connectivity index (χ0) is 9.68. The summed E-state index contributed by atoms with van der Waals surface area (Å²) in [7, 11) is 0. The van der Waals surface area contributed by atoms with Crippen LogP contribution in [-0.4, -0.2) is 16.0 Å². The molecule has 0 fully saturated rings. The molecular formula is C10H18N2S. The Bertz CT molecular complexity index is 245. The van der Waals surface area contributed by atoms with Crippen molar-refractivity contribution in [1.29, 1.82) is 0 Å². The molecule has 0 amide bonds. The number of rotatable bonds is 5. The summed E-state index contributed by atoms with van der Waals surface area (Å²) in [4.78, 5) is 0. The van der Waals surface area contributed by atoms with E-state index < -0.39 is 0 Å². The van der Waals surface area contributed by atoms with E-state index in [1.807, 2.05) is 11.8 Å². The molecule has 0 radical (unpaired) electrons. The summed E-state index contributed by atoms with van der Waals surface area (Å²) in [5.41, 5.74) is 1.19. The number of hydrogen-bond acceptors (Lipinski definition) is 2. The van der Waals surface area contributed by atoms with Crippen LogP contribution in [0.4, 0.5) is 0 Å². The van der Waals surface area contributed by atoms with E-state index in [1.54, 1.807) is 0 Å². The smallest absolute Gasteiger partial charge is 0.0723 e. The third-order valence-corrected chi connectivity index (χ3v) is 2.70. The Balaban J connectivity index is 2.56. The number of nitrogens with zero attached hydrogens (tertiary/aromatic N) is 2. The molecule has 1 rings (SSSR count). The van der Waals surface area contributed by atoms with Crippen molar-refractivity contribution in [2.75, 3.05) is 6.26 Å². The minimum Gasteiger partial charge on any atom is -0.270 e. The maximum absolute atomic E-state index is 4.51. The molecule has 13 heavy (non-hydrogen) atoms. The minimum absolute atomic E-state index is 0.542. The van der Waals surface area contributed by atoms with E-state index in [1.165, 1.54) is 18.5 Å². The zero-order valence-electron chi connectivity index (χ0n) is 8.66. The molecule has 0 aliphatic rings. The van der Waals surface area contributed by atoms with E-state index in [0.29, 0.717) is 6.04 Å². The van der Waals surface area contributed by atoms with Gasteiger partial charge in [0, 0.05) is 18.0 Å². The second kappa shape index (κ2) is 5.32. The highest BCUT2D eigenvalue weighted by Gasteiger charge is 2.04. The Morgan fingerprint density at radius 1 is 1.62 bits per heavy atom. The first-order chi connectivity index (χ1) is 6.27. The molecule has 74 valence electrons. The van der Waals surface area contributed by atoms with Crippen LogP contribution in [0.5, 0.6) is 0 Å². The van der Waals surface area contributed by atoms with E-state index in [2.05, 4.69) is 42.1 Å². The molecule has 0 aliphatic heterocycles. The van der Waals surface area contributed by atoms with Gasteiger partial charge in [0.15, 0.2) is 0 Å². The Kier molecular flexibility index (Phi) is 4.36. The quantitative estimate of drug-likeness (QED) is 0.723. The van der Waals surface area contributed by atoms with Crippen LogP contribution in [0.2, 0.25) is 0 Å². The molecule has 0 spiro atoms. The average molecular weight is 198 g/mol. The van der Waals surface area contributed by atoms with Gasteiger partial charge in [-0.2, -0.15) is 16.9 Å². The first kappa shape index (κ1) is 10.6. The van der Waals surface area contributed by atoms with Gasteiger partial charge in [-0.25, -0.2) is 0 Å². The van der Waals surface area contributed by atoms with Crippen molar-refractivity contribution in [2.45, 2.75) is 38.5 Å². The number of thioether (sulfide) groups is 1. The lowest BCUT2D eigenvalue weighted by Gasteiger charge is -2.09. The van der Waals surface area contributed by atoms with Gasteiger partial charge in [-0.1, -0.05) is 13.3 Å². The van der Waals surface area contributed by atoms with Gasteiger partial charge in [-0.15, -0.1) is 0 Å². The van der Waals surface area contributed by atoms with Crippen LogP contribution in [0, 0.1) is 0 Å². The third-order valence-electron chi connectivity index (χ3n) is 2.11. The summed E-state index contributed by atoms with van der Waals surface area (Å²) in [5, 5.41) is 4.51. The molecule has 0 aliphatic carbocycles. The van der Waals surface area contributed by atoms with Gasteiger partial charge in [0.25, 0.3) is 0 Å². The fraction of sp³-hybridized carbons (Fsp3) is 0.700. The summed E-state index contributed by atoms with van der Waals surface area (Å²) in [6, 6.07) is 2.66. The molecule has 1 aromatic heterocycles. The molecule has 1 atom stereocenters. The minimum atomic E-state index is 0.542. The first-order valence-electron chi connectivity index (χ1n) is 4.81. The van der Waals surface area contributed by atoms with Crippen molar-refractivity contribution < 1.29 is 0 Å². The van der Waals surface area contributed by atoms with Crippen LogP contribution in [0.15, 0.2) is 12.3 Å². The molecule has 2 nitrogen and oxygen atoms in total. The maximum atomic E-state index is 4.51. The van der Waals surface area contributed by atoms with Gasteiger partial charge < -0.3 is 0 Å². The fourth-order valence-corrected chi connectivity index (χ4v) is 1.85. The van der Waals surface area contributed by atoms with E-state index in [4.69, 9.17) is 0 Å². The van der Waals surface area contributed by atoms with Gasteiger partial charge in [-0.3, -0.25) is 4.68 Å². The van der Waals surface area contributed by atoms with Crippen LogP contribution in [0.1, 0.15) is 38.4 Å². The van der Waals surface area contributed by atoms with E-state index in [-0.39, 0.29) is 0 Å². The summed E-state index contributed by atoms with van der Waals surface area (Å²) in [5.74, 6) is 1.02. The number of hydrogen-bond donors (Lipinski definition) is 0. The topological polar surface area (TPSA) is 17.8 Å². The number of aromatic nitrogens is 2. The first-order valence-corrected chi connectivity index (χ1v) is 6.20. The highest BCUT2D eigenvalue weighted by Crippen LogP contribution is 2.13. The second-order valence-electron chi connectivity index (χ2n) is 3.36. The summed E-state index contributed by atoms with van der Waals surface area (Å²) in [6.07, 6.45) is 6.62. The van der Waals surface area contributed by atoms with Crippen molar-refractivity contribution in [2.24, 2.45) is 0 Å². The SMILES string of the molecule is CCCC(C)n1ccc(CSC)n1. The Hall–Kier alpha value is -0.440. The van der Waals surface area contributed by atoms with E-state index in [9.17, 15) is 0 Å². The van der Waals surface area contributed by atoms with Crippen molar-refractivity contribution in [1.82, 2.24) is 9.78 Å². The summed E-state index contributed by atoms with van der Waals surface area (Å²) in [6.45, 7) is 4.43. The van der Waals surface area contributed by atoms with Crippen molar-refractivity contribution in [3.05, 3.63) is 18.0 Å². The largest absolute Gasteiger partial charge is 0.270 e. The van der Waals surface area contributed by atoms with Crippen molar-refractivity contribution in [3.63, 3.8) is 0 Å². The lowest BCUT2D eigenvalue weighted by atomic mass is 10.2. The van der Waals surface area contributed by atoms with Crippen molar-refractivity contribution >= 4 is 11.8 Å². The zero-order valence-corrected chi connectivity index (χ0v) is 9.47. The van der Waals surface area contributed by atoms with Gasteiger partial charge in [0.2, 0.25) is 0 Å². The molecule has 1 aromatic rings. The van der Waals surface area contributed by atoms with Crippen LogP contribution in [-0.2, 0) is 5.75 Å². The molecule has 1 heterocycles. The van der Waals surface area contributed by atoms with Gasteiger partial charge in [0.1, 0.15) is 0 Å². The molecule has 0 saturated carbocycles. The predicted molar refractivity (Wildman–Crippen MR) is 59.1 cm³/mol. The van der Waals surface area contributed by atoms with Crippen LogP contribution < -0.4 is 0 Å². The molecule has 3 heteroatoms. The normalized spacial score (nSPS) is 13.2. The Morgan fingerprint density at radius 2 is 2.38 bits per heavy atom. The maximum Gasteiger partial charge on any atom is 0.0723 e. The Morgan fingerprint density at radius 3 is 3.00 bits per heavy atom. The van der Waals surface area contributed by atoms with Gasteiger partial charge in [0.05, 0.1) is 5.69 Å². The molecule has 1 unspecified atom stereocenters. The molecule has 0 aromatic carbocycles. The highest BCUT2D eigenvalue weighted by molar-refractivity contribution is 7.97. The molecule has 0 bridgehead atoms. The lowest BCUT2D eigenvalue weighted by Crippen LogP contribution is -2.05. The van der Waals surface area contributed by atoms with E-state index >= 15 is 0 Å². The van der Waals surface area contributed by atoms with Gasteiger partial charge >= 0.3 is 0 Å². The van der Waals surface area contributed by atoms with Crippen molar-refractivity contribution in [3.8, 4) is 0 Å². The standard InChI is InChI=1S/C10H18N2S/c1-4-5-9(2)12-7-6-10(11-12)8-13-3/h6-7,9H,4-5,8H2,1-3H3. The van der Waals surface area contributed by atoms with E-state index in [0.717, 1.165) is 5.75 Å². The third kappa shape index (κ3) is 3.07. The van der Waals surface area contributed by atoms with Crippen LogP contribution >= 0.6 is 11.8 Å². The van der Waals surface area contributed by atoms with Crippen LogP contribution in [0.25, 0.3) is 0 Å². The second-order valence-corrected chi connectivity index (χ2v) is 4.22. The summed E-state index contributed by atoms with van der Waals surface area (Å²) >= 11 is 1.82. The average Bonchev–Trinajstić information content (AvgIpc) is 2.54. The lowest BCUT2D eigenvalue weighted by molar-refractivity contribution is 0.452. The monoisotopic (exact) mass is 198 g/mol. The molecule has 0 saturated heterocycles.